The van der Waals surface area contributed by atoms with Crippen molar-refractivity contribution in [2.45, 2.75) is 6.61 Å². The van der Waals surface area contributed by atoms with E-state index in [0.717, 1.165) is 66.3 Å². The summed E-state index contributed by atoms with van der Waals surface area (Å²) >= 11 is 0. The number of H-pyrrole nitrogens is 1. The van der Waals surface area contributed by atoms with Gasteiger partial charge in [0.15, 0.2) is 0 Å². The molecule has 5 nitrogen and oxygen atoms in total. The monoisotopic (exact) mass is 452 g/mol. The molecule has 0 amide bonds. The molecule has 5 heteroatoms. The predicted octanol–water partition coefficient (Wildman–Crippen LogP) is 7.06. The van der Waals surface area contributed by atoms with Gasteiger partial charge >= 0.3 is 0 Å². The highest BCUT2D eigenvalue weighted by Crippen LogP contribution is 2.39. The van der Waals surface area contributed by atoms with Crippen LogP contribution in [-0.2, 0) is 6.61 Å². The largest absolute Gasteiger partial charge is 0.488 e. The molecule has 166 valence electrons. The second-order valence-corrected chi connectivity index (χ2v) is 8.54. The van der Waals surface area contributed by atoms with Crippen molar-refractivity contribution in [1.82, 2.24) is 19.9 Å². The smallest absolute Gasteiger partial charge is 0.142 e. The number of pyridine rings is 2. The van der Waals surface area contributed by atoms with E-state index in [1.165, 1.54) is 0 Å². The lowest BCUT2D eigenvalue weighted by Gasteiger charge is -2.13. The molecule has 1 N–H and O–H groups in total. The first-order chi connectivity index (χ1) is 17.4. The summed E-state index contributed by atoms with van der Waals surface area (Å²) in [6, 6.07) is 30.7. The zero-order chi connectivity index (χ0) is 23.2. The maximum Gasteiger partial charge on any atom is 0.142 e. The van der Waals surface area contributed by atoms with Crippen molar-refractivity contribution in [2.24, 2.45) is 0 Å². The number of imidazole rings is 1. The summed E-state index contributed by atoms with van der Waals surface area (Å²) in [6.07, 6.45) is 3.61. The van der Waals surface area contributed by atoms with Crippen molar-refractivity contribution in [2.75, 3.05) is 0 Å². The summed E-state index contributed by atoms with van der Waals surface area (Å²) in [4.78, 5) is 18.0. The third-order valence-electron chi connectivity index (χ3n) is 6.43. The summed E-state index contributed by atoms with van der Waals surface area (Å²) in [5.74, 6) is 1.55. The lowest BCUT2D eigenvalue weighted by atomic mass is 10.0. The van der Waals surface area contributed by atoms with E-state index in [4.69, 9.17) is 9.72 Å². The zero-order valence-electron chi connectivity index (χ0n) is 18.8. The molecule has 7 rings (SSSR count). The summed E-state index contributed by atoms with van der Waals surface area (Å²) in [5, 5.41) is 4.19. The van der Waals surface area contributed by atoms with Gasteiger partial charge in [0.1, 0.15) is 18.2 Å². The Morgan fingerprint density at radius 1 is 0.629 bits per heavy atom. The minimum absolute atomic E-state index is 0.478. The van der Waals surface area contributed by atoms with Crippen LogP contribution in [0.15, 0.2) is 103 Å². The fourth-order valence-corrected chi connectivity index (χ4v) is 4.81. The molecule has 0 fully saturated rings. The van der Waals surface area contributed by atoms with Crippen LogP contribution in [0.4, 0.5) is 0 Å². The topological polar surface area (TPSA) is 63.7 Å². The fourth-order valence-electron chi connectivity index (χ4n) is 4.81. The Balaban J connectivity index is 1.49. The highest BCUT2D eigenvalue weighted by atomic mass is 16.5. The van der Waals surface area contributed by atoms with Gasteiger partial charge in [-0.3, -0.25) is 9.97 Å². The van der Waals surface area contributed by atoms with Crippen LogP contribution in [0.3, 0.4) is 0 Å². The van der Waals surface area contributed by atoms with Crippen LogP contribution < -0.4 is 4.74 Å². The van der Waals surface area contributed by atoms with Gasteiger partial charge in [0.25, 0.3) is 0 Å². The van der Waals surface area contributed by atoms with Gasteiger partial charge in [-0.05, 0) is 46.7 Å². The number of aromatic nitrogens is 4. The van der Waals surface area contributed by atoms with E-state index in [2.05, 4.69) is 57.4 Å². The minimum Gasteiger partial charge on any atom is -0.488 e. The van der Waals surface area contributed by atoms with E-state index >= 15 is 0 Å². The minimum atomic E-state index is 0.478. The molecule has 0 saturated carbocycles. The Kier molecular flexibility index (Phi) is 4.45. The summed E-state index contributed by atoms with van der Waals surface area (Å²) in [5.41, 5.74) is 5.61. The molecule has 0 saturated heterocycles. The zero-order valence-corrected chi connectivity index (χ0v) is 18.8. The number of hydrogen-bond donors (Lipinski definition) is 1. The molecule has 0 radical (unpaired) electrons. The summed E-state index contributed by atoms with van der Waals surface area (Å²) in [7, 11) is 0. The van der Waals surface area contributed by atoms with Crippen LogP contribution in [0.2, 0.25) is 0 Å². The molecule has 0 atom stereocenters. The molecule has 7 aromatic rings. The number of benzene rings is 4. The van der Waals surface area contributed by atoms with Crippen LogP contribution in [0, 0.1) is 0 Å². The second kappa shape index (κ2) is 7.92. The van der Waals surface area contributed by atoms with Crippen molar-refractivity contribution in [3.05, 3.63) is 109 Å². The van der Waals surface area contributed by atoms with Gasteiger partial charge in [0.05, 0.1) is 27.6 Å². The molecule has 3 aromatic heterocycles. The number of nitrogens with zero attached hydrogens (tertiary/aromatic N) is 3. The first-order valence-electron chi connectivity index (χ1n) is 11.6. The molecular weight excluding hydrogens is 432 g/mol. The highest BCUT2D eigenvalue weighted by Gasteiger charge is 2.19. The Morgan fingerprint density at radius 2 is 1.34 bits per heavy atom. The average molecular weight is 453 g/mol. The van der Waals surface area contributed by atoms with Crippen molar-refractivity contribution in [3.8, 4) is 17.1 Å². The molecule has 0 aliphatic carbocycles. The van der Waals surface area contributed by atoms with Gasteiger partial charge in [-0.1, -0.05) is 60.7 Å². The number of rotatable bonds is 4. The third kappa shape index (κ3) is 3.21. The molecule has 0 aliphatic rings. The van der Waals surface area contributed by atoms with Gasteiger partial charge in [0.2, 0.25) is 0 Å². The lowest BCUT2D eigenvalue weighted by molar-refractivity contribution is 0.308. The standard InChI is InChI=1S/C30H20N4O/c1-2-8-19(9-3-1)18-35-24-15-14-20-10-4-5-11-21(20)25(24)30-33-28-22-12-6-16-31-26(22)27-23(29(28)34-30)13-7-17-32-27/h1-17H,18H2,(H,33,34). The number of hydrogen-bond acceptors (Lipinski definition) is 4. The average Bonchev–Trinajstić information content (AvgIpc) is 3.38. The maximum absolute atomic E-state index is 6.37. The summed E-state index contributed by atoms with van der Waals surface area (Å²) in [6.45, 7) is 0.478. The first-order valence-corrected chi connectivity index (χ1v) is 11.6. The van der Waals surface area contributed by atoms with Gasteiger partial charge in [0, 0.05) is 23.2 Å². The molecule has 35 heavy (non-hydrogen) atoms. The number of nitrogens with one attached hydrogen (secondary N) is 1. The van der Waals surface area contributed by atoms with Crippen LogP contribution in [-0.4, -0.2) is 19.9 Å². The third-order valence-corrected chi connectivity index (χ3v) is 6.43. The Morgan fingerprint density at radius 3 is 2.20 bits per heavy atom. The van der Waals surface area contributed by atoms with Crippen molar-refractivity contribution in [1.29, 1.82) is 0 Å². The van der Waals surface area contributed by atoms with Crippen LogP contribution in [0.25, 0.3) is 55.0 Å². The molecule has 3 heterocycles. The highest BCUT2D eigenvalue weighted by molar-refractivity contribution is 6.21. The van der Waals surface area contributed by atoms with Gasteiger partial charge in [-0.2, -0.15) is 0 Å². The van der Waals surface area contributed by atoms with E-state index in [1.807, 2.05) is 48.5 Å². The molecule has 0 aliphatic heterocycles. The lowest BCUT2D eigenvalue weighted by Crippen LogP contribution is -1.98. The predicted molar refractivity (Wildman–Crippen MR) is 140 cm³/mol. The first kappa shape index (κ1) is 19.7. The number of ether oxygens (including phenoxy) is 1. The van der Waals surface area contributed by atoms with Crippen molar-refractivity contribution < 1.29 is 4.74 Å². The Bertz CT molecular complexity index is 1790. The van der Waals surface area contributed by atoms with Crippen molar-refractivity contribution in [3.63, 3.8) is 0 Å². The Hall–Kier alpha value is -4.77. The maximum atomic E-state index is 6.37. The molecule has 0 unspecified atom stereocenters. The normalized spacial score (nSPS) is 11.5. The summed E-state index contributed by atoms with van der Waals surface area (Å²) < 4.78 is 6.37. The fraction of sp³-hybridized carbons (Fsp3) is 0.0333. The molecule has 0 spiro atoms. The SMILES string of the molecule is c1ccc(COc2ccc3ccccc3c2-c2nc3c4cccnc4c4ncccc4c3[nH]2)cc1. The van der Waals surface area contributed by atoms with E-state index in [1.54, 1.807) is 12.4 Å². The number of fused-ring (bicyclic) bond motifs is 7. The van der Waals surface area contributed by atoms with E-state index in [9.17, 15) is 0 Å². The second-order valence-electron chi connectivity index (χ2n) is 8.54. The molecule has 4 aromatic carbocycles. The van der Waals surface area contributed by atoms with Gasteiger partial charge < -0.3 is 9.72 Å². The number of aromatic amines is 1. The van der Waals surface area contributed by atoms with E-state index in [-0.39, 0.29) is 0 Å². The quantitative estimate of drug-likeness (QED) is 0.290. The van der Waals surface area contributed by atoms with Gasteiger partial charge in [-0.25, -0.2) is 4.98 Å². The Labute approximate surface area is 201 Å². The van der Waals surface area contributed by atoms with Gasteiger partial charge in [-0.15, -0.1) is 0 Å². The molecule has 0 bridgehead atoms. The van der Waals surface area contributed by atoms with E-state index in [0.29, 0.717) is 6.61 Å². The van der Waals surface area contributed by atoms with E-state index < -0.39 is 0 Å². The molecular formula is C30H20N4O. The van der Waals surface area contributed by atoms with Crippen LogP contribution in [0.1, 0.15) is 5.56 Å². The van der Waals surface area contributed by atoms with Crippen LogP contribution >= 0.6 is 0 Å². The van der Waals surface area contributed by atoms with Crippen molar-refractivity contribution >= 4 is 43.6 Å². The van der Waals surface area contributed by atoms with Crippen LogP contribution in [0.5, 0.6) is 5.75 Å².